The fraction of sp³-hybridized carbons (Fsp3) is 0.758. The molecule has 204 valence electrons. The zero-order valence-electron chi connectivity index (χ0n) is 24.7. The van der Waals surface area contributed by atoms with E-state index in [1.54, 1.807) is 11.1 Å². The molecule has 0 aromatic rings. The van der Waals surface area contributed by atoms with Gasteiger partial charge < -0.3 is 9.47 Å². The minimum atomic E-state index is -0.554. The highest BCUT2D eigenvalue weighted by atomic mass is 16.5. The molecular weight excluding hydrogens is 460 g/mol. The maximum absolute atomic E-state index is 13.5. The van der Waals surface area contributed by atoms with Gasteiger partial charge in [0.15, 0.2) is 0 Å². The van der Waals surface area contributed by atoms with Crippen LogP contribution in [0.5, 0.6) is 0 Å². The van der Waals surface area contributed by atoms with Gasteiger partial charge in [-0.05, 0) is 103 Å². The third kappa shape index (κ3) is 3.52. The molecule has 0 amide bonds. The lowest BCUT2D eigenvalue weighted by Gasteiger charge is -2.65. The Morgan fingerprint density at radius 1 is 0.919 bits per heavy atom. The molecule has 0 radical (unpaired) electrons. The zero-order valence-corrected chi connectivity index (χ0v) is 24.7. The first-order valence-electron chi connectivity index (χ1n) is 14.6. The first kappa shape index (κ1) is 26.8. The van der Waals surface area contributed by atoms with E-state index in [9.17, 15) is 9.59 Å². The monoisotopic (exact) mass is 508 g/mol. The average Bonchev–Trinajstić information content (AvgIpc) is 3.16. The molecular formula is C33H48O4. The normalized spacial score (nSPS) is 40.4. The molecule has 4 nitrogen and oxygen atoms in total. The predicted molar refractivity (Wildman–Crippen MR) is 146 cm³/mol. The van der Waals surface area contributed by atoms with E-state index in [0.29, 0.717) is 5.92 Å². The number of ether oxygens (including phenoxy) is 2. The minimum absolute atomic E-state index is 0.00415. The van der Waals surface area contributed by atoms with Gasteiger partial charge in [0, 0.05) is 12.8 Å². The van der Waals surface area contributed by atoms with E-state index in [1.165, 1.54) is 25.2 Å². The topological polar surface area (TPSA) is 52.6 Å². The van der Waals surface area contributed by atoms with Gasteiger partial charge in [0.2, 0.25) is 0 Å². The van der Waals surface area contributed by atoms with Gasteiger partial charge in [0.1, 0.15) is 5.76 Å². The predicted octanol–water partition coefficient (Wildman–Crippen LogP) is 8.08. The molecule has 37 heavy (non-hydrogen) atoms. The minimum Gasteiger partial charge on any atom is -0.468 e. The Kier molecular flexibility index (Phi) is 6.02. The summed E-state index contributed by atoms with van der Waals surface area (Å²) in [6.07, 6.45) is 11.3. The van der Waals surface area contributed by atoms with E-state index in [1.807, 2.05) is 0 Å². The van der Waals surface area contributed by atoms with Gasteiger partial charge in [-0.1, -0.05) is 59.6 Å². The van der Waals surface area contributed by atoms with E-state index < -0.39 is 5.41 Å². The quantitative estimate of drug-likeness (QED) is 0.286. The first-order valence-corrected chi connectivity index (χ1v) is 14.6. The van der Waals surface area contributed by atoms with Crippen LogP contribution in [-0.4, -0.2) is 19.0 Å². The van der Waals surface area contributed by atoms with Crippen molar-refractivity contribution < 1.29 is 19.1 Å². The second kappa shape index (κ2) is 8.33. The van der Waals surface area contributed by atoms with E-state index in [-0.39, 0.29) is 39.5 Å². The highest BCUT2D eigenvalue weighted by Crippen LogP contribution is 2.74. The highest BCUT2D eigenvalue weighted by molar-refractivity contribution is 5.82. The van der Waals surface area contributed by atoms with Crippen molar-refractivity contribution in [2.24, 2.45) is 38.9 Å². The van der Waals surface area contributed by atoms with Crippen molar-refractivity contribution in [1.82, 2.24) is 0 Å². The van der Waals surface area contributed by atoms with Crippen LogP contribution >= 0.6 is 0 Å². The number of esters is 2. The Bertz CT molecular complexity index is 1130. The van der Waals surface area contributed by atoms with Gasteiger partial charge in [-0.2, -0.15) is 0 Å². The van der Waals surface area contributed by atoms with Gasteiger partial charge >= 0.3 is 11.9 Å². The van der Waals surface area contributed by atoms with Crippen molar-refractivity contribution in [2.75, 3.05) is 7.11 Å². The maximum atomic E-state index is 13.5. The first-order chi connectivity index (χ1) is 17.2. The van der Waals surface area contributed by atoms with Crippen LogP contribution in [0.15, 0.2) is 34.1 Å². The number of rotatable bonds is 3. The fourth-order valence-corrected chi connectivity index (χ4v) is 9.76. The van der Waals surface area contributed by atoms with Gasteiger partial charge in [0.05, 0.1) is 12.5 Å². The summed E-state index contributed by atoms with van der Waals surface area (Å²) < 4.78 is 11.7. The second-order valence-corrected chi connectivity index (χ2v) is 14.7. The van der Waals surface area contributed by atoms with Crippen LogP contribution in [0.3, 0.4) is 0 Å². The lowest BCUT2D eigenvalue weighted by Crippen LogP contribution is -2.59. The molecule has 0 unspecified atom stereocenters. The molecule has 4 heteroatoms. The summed E-state index contributed by atoms with van der Waals surface area (Å²) in [6, 6.07) is 0. The van der Waals surface area contributed by atoms with Gasteiger partial charge in [-0.25, -0.2) is 0 Å². The lowest BCUT2D eigenvalue weighted by atomic mass is 9.38. The summed E-state index contributed by atoms with van der Waals surface area (Å²) in [5.41, 5.74) is 5.19. The SMILES string of the molecule is COC(=O)[C@]12CCC(C)(C)CC1=C1C=C(OC(C)=O)[C@@H]3[C@@]4(C)CCC(C(C)C)=C4CC[C@@]3(C)[C@]1(C)CC2. The molecule has 5 aliphatic carbocycles. The van der Waals surface area contributed by atoms with Crippen molar-refractivity contribution in [3.63, 3.8) is 0 Å². The van der Waals surface area contributed by atoms with Crippen molar-refractivity contribution in [3.05, 3.63) is 34.1 Å². The third-order valence-electron chi connectivity index (χ3n) is 12.0. The van der Waals surface area contributed by atoms with E-state index in [0.717, 1.165) is 63.5 Å². The molecule has 0 bridgehead atoms. The van der Waals surface area contributed by atoms with Crippen LogP contribution in [0.2, 0.25) is 0 Å². The Morgan fingerprint density at radius 2 is 1.59 bits per heavy atom. The van der Waals surface area contributed by atoms with Crippen LogP contribution in [-0.2, 0) is 19.1 Å². The highest BCUT2D eigenvalue weighted by Gasteiger charge is 2.67. The van der Waals surface area contributed by atoms with Crippen molar-refractivity contribution in [2.45, 2.75) is 113 Å². The molecule has 0 aliphatic heterocycles. The number of hydrogen-bond donors (Lipinski definition) is 0. The van der Waals surface area contributed by atoms with Crippen LogP contribution in [0.1, 0.15) is 113 Å². The Labute approximate surface area is 224 Å². The number of hydrogen-bond acceptors (Lipinski definition) is 4. The lowest BCUT2D eigenvalue weighted by molar-refractivity contribution is -0.157. The van der Waals surface area contributed by atoms with Crippen LogP contribution in [0, 0.1) is 38.9 Å². The largest absolute Gasteiger partial charge is 0.468 e. The van der Waals surface area contributed by atoms with E-state index >= 15 is 0 Å². The van der Waals surface area contributed by atoms with Crippen molar-refractivity contribution in [1.29, 1.82) is 0 Å². The molecule has 0 saturated heterocycles. The smallest absolute Gasteiger partial charge is 0.315 e. The fourth-order valence-electron chi connectivity index (χ4n) is 9.76. The molecule has 0 spiro atoms. The Balaban J connectivity index is 1.79. The number of carbonyl (C=O) groups excluding carboxylic acids is 2. The van der Waals surface area contributed by atoms with Crippen molar-refractivity contribution in [3.8, 4) is 0 Å². The Morgan fingerprint density at radius 3 is 2.22 bits per heavy atom. The molecule has 2 fully saturated rings. The second-order valence-electron chi connectivity index (χ2n) is 14.7. The molecule has 0 aromatic carbocycles. The number of methoxy groups -OCH3 is 1. The maximum Gasteiger partial charge on any atom is 0.315 e. The van der Waals surface area contributed by atoms with Gasteiger partial charge in [-0.3, -0.25) is 9.59 Å². The van der Waals surface area contributed by atoms with Crippen LogP contribution in [0.25, 0.3) is 0 Å². The number of allylic oxidation sites excluding steroid dienone is 5. The molecule has 2 saturated carbocycles. The Hall–Kier alpha value is -1.84. The summed E-state index contributed by atoms with van der Waals surface area (Å²) in [6.45, 7) is 18.2. The van der Waals surface area contributed by atoms with Crippen LogP contribution in [0.4, 0.5) is 0 Å². The summed E-state index contributed by atoms with van der Waals surface area (Å²) in [5.74, 6) is 1.22. The third-order valence-corrected chi connectivity index (χ3v) is 12.0. The summed E-state index contributed by atoms with van der Waals surface area (Å²) in [4.78, 5) is 26.0. The molecule has 5 rings (SSSR count). The average molecular weight is 509 g/mol. The number of fused-ring (bicyclic) bond motifs is 6. The molecule has 0 aromatic heterocycles. The number of carbonyl (C=O) groups is 2. The summed E-state index contributed by atoms with van der Waals surface area (Å²) in [7, 11) is 1.54. The van der Waals surface area contributed by atoms with E-state index in [4.69, 9.17) is 9.47 Å². The van der Waals surface area contributed by atoms with Gasteiger partial charge in [-0.15, -0.1) is 0 Å². The zero-order chi connectivity index (χ0) is 27.2. The molecule has 5 atom stereocenters. The summed E-state index contributed by atoms with van der Waals surface area (Å²) >= 11 is 0. The van der Waals surface area contributed by atoms with Crippen LogP contribution < -0.4 is 0 Å². The standard InChI is InChI=1S/C33H48O4/c1-20(2)22-10-12-30(6)23(22)11-13-32(8)27(30)26(37-21(3)34)18-24-25-19-29(4,5)14-16-33(25,28(35)36-9)17-15-31(24,32)7/h18,20,27H,10-17,19H2,1-9H3/t27-,30+,31-,32-,33+/m1/s1. The van der Waals surface area contributed by atoms with Crippen molar-refractivity contribution >= 4 is 11.9 Å². The molecule has 0 heterocycles. The van der Waals surface area contributed by atoms with E-state index in [2.05, 4.69) is 54.5 Å². The molecule has 0 N–H and O–H groups in total. The van der Waals surface area contributed by atoms with Gasteiger partial charge in [0.25, 0.3) is 0 Å². The molecule has 5 aliphatic rings. The summed E-state index contributed by atoms with van der Waals surface area (Å²) in [5, 5.41) is 0.